The van der Waals surface area contributed by atoms with E-state index in [1.54, 1.807) is 0 Å². The van der Waals surface area contributed by atoms with E-state index in [1.807, 2.05) is 0 Å². The predicted molar refractivity (Wildman–Crippen MR) is 117 cm³/mol. The highest BCUT2D eigenvalue weighted by atomic mass is 31.2. The average molecular weight is 466 g/mol. The Balaban J connectivity index is 1.90. The van der Waals surface area contributed by atoms with Crippen LogP contribution in [0.4, 0.5) is 0 Å². The summed E-state index contributed by atoms with van der Waals surface area (Å²) in [5.74, 6) is 1.58. The molecule has 0 spiro atoms. The number of carbonyl (C=O) groups excluding carboxylic acids is 1. The number of ether oxygens (including phenoxy) is 1. The molecule has 0 aromatic rings. The van der Waals surface area contributed by atoms with Gasteiger partial charge in [-0.05, 0) is 24.7 Å². The standard InChI is InChI=1S/C22H44NO7P/c1-2-3-4-8-11-19-16-20(19)12-9-6-5-7-10-13-22(25)28-17-21(24)18-30-31(26,27)29-15-14-23/h19-21,24H,2-18,23H2,1H3,(H,26,27). The Hall–Kier alpha value is -0.500. The van der Waals surface area contributed by atoms with Crippen molar-refractivity contribution in [1.82, 2.24) is 0 Å². The molecule has 1 saturated carbocycles. The van der Waals surface area contributed by atoms with Gasteiger partial charge in [0.2, 0.25) is 0 Å². The summed E-state index contributed by atoms with van der Waals surface area (Å²) in [6, 6.07) is 0. The van der Waals surface area contributed by atoms with Gasteiger partial charge in [-0.15, -0.1) is 0 Å². The smallest absolute Gasteiger partial charge is 0.305 e. The summed E-state index contributed by atoms with van der Waals surface area (Å²) in [4.78, 5) is 23.1. The second-order valence-electron chi connectivity index (χ2n) is 8.68. The van der Waals surface area contributed by atoms with Crippen LogP contribution in [0, 0.1) is 11.8 Å². The minimum atomic E-state index is -4.45. The number of phosphoric acid groups is 1. The molecule has 0 bridgehead atoms. The topological polar surface area (TPSA) is 133 Å². The summed E-state index contributed by atoms with van der Waals surface area (Å²) in [6.07, 6.45) is 14.2. The molecule has 1 rings (SSSR count). The van der Waals surface area contributed by atoms with Gasteiger partial charge in [-0.3, -0.25) is 9.36 Å². The fourth-order valence-electron chi connectivity index (χ4n) is 3.76. The monoisotopic (exact) mass is 465 g/mol. The van der Waals surface area contributed by atoms with Crippen LogP contribution in [0.5, 0.6) is 0 Å². The van der Waals surface area contributed by atoms with Gasteiger partial charge in [0.25, 0.3) is 7.82 Å². The molecular weight excluding hydrogens is 421 g/mol. The summed E-state index contributed by atoms with van der Waals surface area (Å²) in [7, 11) is -4.45. The van der Waals surface area contributed by atoms with Crippen LogP contribution >= 0.6 is 7.82 Å². The van der Waals surface area contributed by atoms with E-state index in [0.717, 1.165) is 31.1 Å². The molecule has 9 heteroatoms. The highest BCUT2D eigenvalue weighted by Gasteiger charge is 2.34. The number of unbranched alkanes of at least 4 members (excludes halogenated alkanes) is 7. The van der Waals surface area contributed by atoms with Gasteiger partial charge < -0.3 is 29.5 Å². The third-order valence-corrected chi connectivity index (χ3v) is 6.67. The highest BCUT2D eigenvalue weighted by molar-refractivity contribution is 7.45. The second kappa shape index (κ2) is 17.0. The average Bonchev–Trinajstić information content (AvgIpc) is 3.50. The molecule has 0 radical (unpaired) electrons. The Morgan fingerprint density at radius 1 is 1.03 bits per heavy atom. The molecule has 0 heterocycles. The Morgan fingerprint density at radius 2 is 1.65 bits per heavy atom. The van der Waals surface area contributed by atoms with Crippen molar-refractivity contribution in [3.05, 3.63) is 0 Å². The van der Waals surface area contributed by atoms with Crippen molar-refractivity contribution in [2.24, 2.45) is 11.8 Å². The summed E-state index contributed by atoms with van der Waals surface area (Å²) < 4.78 is 25.3. The van der Waals surface area contributed by atoms with E-state index in [2.05, 4.69) is 21.7 Å². The lowest BCUT2D eigenvalue weighted by Gasteiger charge is -2.23. The van der Waals surface area contributed by atoms with Crippen molar-refractivity contribution in [1.29, 1.82) is 0 Å². The van der Waals surface area contributed by atoms with Gasteiger partial charge in [0.15, 0.2) is 0 Å². The van der Waals surface area contributed by atoms with E-state index >= 15 is 0 Å². The fraction of sp³-hybridized carbons (Fsp3) is 0.955. The van der Waals surface area contributed by atoms with Crippen molar-refractivity contribution in [3.63, 3.8) is 0 Å². The first kappa shape index (κ1) is 28.5. The van der Waals surface area contributed by atoms with Gasteiger partial charge in [0, 0.05) is 6.42 Å². The molecule has 0 aromatic carbocycles. The highest BCUT2D eigenvalue weighted by Crippen LogP contribution is 2.45. The predicted octanol–water partition coefficient (Wildman–Crippen LogP) is 2.97. The van der Waals surface area contributed by atoms with Crippen LogP contribution in [0.3, 0.4) is 0 Å². The number of rotatable bonds is 21. The number of esters is 1. The summed E-state index contributed by atoms with van der Waals surface area (Å²) in [5.41, 5.74) is 3.46. The van der Waals surface area contributed by atoms with Gasteiger partial charge >= 0.3 is 5.97 Å². The molecule has 0 aromatic heterocycles. The SMILES string of the molecule is CCCCCCC1CC1CCCCCCCC(=O)OCC(O)COP(=O)([O-])OCC[NH3+]. The molecule has 184 valence electrons. The number of aliphatic hydroxyl groups excluding tert-OH is 1. The van der Waals surface area contributed by atoms with Crippen LogP contribution in [0.2, 0.25) is 0 Å². The van der Waals surface area contributed by atoms with Crippen LogP contribution in [0.1, 0.15) is 90.4 Å². The van der Waals surface area contributed by atoms with Crippen LogP contribution in [-0.4, -0.2) is 43.5 Å². The van der Waals surface area contributed by atoms with E-state index in [-0.39, 0.29) is 25.7 Å². The Bertz CT molecular complexity index is 520. The van der Waals surface area contributed by atoms with Crippen molar-refractivity contribution in [2.45, 2.75) is 96.5 Å². The number of carbonyl (C=O) groups is 1. The van der Waals surface area contributed by atoms with Gasteiger partial charge in [0.1, 0.15) is 19.3 Å². The maximum atomic E-state index is 11.7. The summed E-state index contributed by atoms with van der Waals surface area (Å²) in [5, 5.41) is 9.67. The lowest BCUT2D eigenvalue weighted by Crippen LogP contribution is -2.52. The van der Waals surface area contributed by atoms with Crippen molar-refractivity contribution in [3.8, 4) is 0 Å². The third kappa shape index (κ3) is 15.9. The molecule has 4 N–H and O–H groups in total. The first-order chi connectivity index (χ1) is 14.9. The van der Waals surface area contributed by atoms with E-state index < -0.39 is 20.5 Å². The first-order valence-corrected chi connectivity index (χ1v) is 13.6. The lowest BCUT2D eigenvalue weighted by atomic mass is 10.0. The largest absolute Gasteiger partial charge is 0.756 e. The van der Waals surface area contributed by atoms with Crippen molar-refractivity contribution >= 4 is 13.8 Å². The zero-order valence-corrected chi connectivity index (χ0v) is 20.2. The zero-order chi connectivity index (χ0) is 23.0. The molecule has 0 amide bonds. The Labute approximate surface area is 187 Å². The normalized spacial score (nSPS) is 20.9. The molecule has 1 aliphatic rings. The maximum absolute atomic E-state index is 11.7. The number of aliphatic hydroxyl groups is 1. The van der Waals surface area contributed by atoms with Crippen LogP contribution in [0.25, 0.3) is 0 Å². The molecule has 1 fully saturated rings. The molecule has 1 aliphatic carbocycles. The second-order valence-corrected chi connectivity index (χ2v) is 10.1. The van der Waals surface area contributed by atoms with Crippen LogP contribution in [0.15, 0.2) is 0 Å². The van der Waals surface area contributed by atoms with E-state index in [0.29, 0.717) is 6.42 Å². The zero-order valence-electron chi connectivity index (χ0n) is 19.3. The minimum absolute atomic E-state index is 0.0773. The molecule has 8 nitrogen and oxygen atoms in total. The lowest BCUT2D eigenvalue weighted by molar-refractivity contribution is -0.373. The summed E-state index contributed by atoms with van der Waals surface area (Å²) in [6.45, 7) is 1.66. The van der Waals surface area contributed by atoms with Crippen LogP contribution < -0.4 is 10.6 Å². The molecule has 4 atom stereocenters. The van der Waals surface area contributed by atoms with Crippen LogP contribution in [-0.2, 0) is 23.1 Å². The van der Waals surface area contributed by atoms with Gasteiger partial charge in [0.05, 0.1) is 13.2 Å². The number of hydrogen-bond donors (Lipinski definition) is 2. The summed E-state index contributed by atoms with van der Waals surface area (Å²) >= 11 is 0. The number of quaternary nitrogens is 1. The molecule has 4 unspecified atom stereocenters. The number of hydrogen-bond acceptors (Lipinski definition) is 7. The van der Waals surface area contributed by atoms with Crippen molar-refractivity contribution in [2.75, 3.05) is 26.4 Å². The van der Waals surface area contributed by atoms with E-state index in [9.17, 15) is 19.4 Å². The molecule has 0 saturated heterocycles. The third-order valence-electron chi connectivity index (χ3n) is 5.71. The maximum Gasteiger partial charge on any atom is 0.305 e. The van der Waals surface area contributed by atoms with E-state index in [4.69, 9.17) is 4.74 Å². The van der Waals surface area contributed by atoms with E-state index in [1.165, 1.54) is 57.8 Å². The van der Waals surface area contributed by atoms with Crippen molar-refractivity contribution < 1.29 is 38.9 Å². The minimum Gasteiger partial charge on any atom is -0.756 e. The first-order valence-electron chi connectivity index (χ1n) is 12.1. The molecule has 0 aliphatic heterocycles. The Morgan fingerprint density at radius 3 is 2.29 bits per heavy atom. The Kier molecular flexibility index (Phi) is 15.7. The molecular formula is C22H44NO7P. The molecule has 31 heavy (non-hydrogen) atoms. The van der Waals surface area contributed by atoms with Gasteiger partial charge in [-0.25, -0.2) is 0 Å². The fourth-order valence-corrected chi connectivity index (χ4v) is 4.54. The van der Waals surface area contributed by atoms with Gasteiger partial charge in [-0.1, -0.05) is 71.1 Å². The quantitative estimate of drug-likeness (QED) is 0.151. The number of phosphoric ester groups is 1. The van der Waals surface area contributed by atoms with Gasteiger partial charge in [-0.2, -0.15) is 0 Å².